The predicted molar refractivity (Wildman–Crippen MR) is 85.1 cm³/mol. The average Bonchev–Trinajstić information content (AvgIpc) is 2.50. The Bertz CT molecular complexity index is 433. The maximum Gasteiger partial charge on any atom is 0.220 e. The zero-order valence-electron chi connectivity index (χ0n) is 13.0. The zero-order valence-corrected chi connectivity index (χ0v) is 13.0. The lowest BCUT2D eigenvalue weighted by Gasteiger charge is -2.27. The fourth-order valence-electron chi connectivity index (χ4n) is 3.00. The smallest absolute Gasteiger partial charge is 0.220 e. The normalized spacial score (nSPS) is 22.0. The third-order valence-corrected chi connectivity index (χ3v) is 4.46. The molecule has 1 aromatic carbocycles. The van der Waals surface area contributed by atoms with Crippen molar-refractivity contribution in [2.75, 3.05) is 6.61 Å². The summed E-state index contributed by atoms with van der Waals surface area (Å²) in [6, 6.07) is 8.84. The van der Waals surface area contributed by atoms with Crippen LogP contribution >= 0.6 is 0 Å². The van der Waals surface area contributed by atoms with E-state index in [-0.39, 0.29) is 12.5 Å². The van der Waals surface area contributed by atoms with Gasteiger partial charge in [-0.1, -0.05) is 29.8 Å². The molecule has 2 rings (SSSR count). The molecule has 1 aromatic rings. The van der Waals surface area contributed by atoms with Crippen LogP contribution in [0.25, 0.3) is 0 Å². The highest BCUT2D eigenvalue weighted by Crippen LogP contribution is 2.23. The van der Waals surface area contributed by atoms with E-state index >= 15 is 0 Å². The second kappa shape index (κ2) is 8.18. The Morgan fingerprint density at radius 1 is 1.19 bits per heavy atom. The summed E-state index contributed by atoms with van der Waals surface area (Å²) in [5.74, 6) is 0.620. The van der Waals surface area contributed by atoms with E-state index in [1.54, 1.807) is 0 Å². The summed E-state index contributed by atoms with van der Waals surface area (Å²) in [5.41, 5.74) is 2.58. The highest BCUT2D eigenvalue weighted by atomic mass is 16.3. The Balaban J connectivity index is 1.62. The van der Waals surface area contributed by atoms with Gasteiger partial charge in [0.25, 0.3) is 0 Å². The van der Waals surface area contributed by atoms with Gasteiger partial charge in [0.05, 0.1) is 0 Å². The van der Waals surface area contributed by atoms with Crippen LogP contribution < -0.4 is 5.32 Å². The molecule has 1 amide bonds. The maximum atomic E-state index is 11.9. The van der Waals surface area contributed by atoms with E-state index in [1.165, 1.54) is 11.1 Å². The summed E-state index contributed by atoms with van der Waals surface area (Å²) in [6.07, 6.45) is 6.55. The summed E-state index contributed by atoms with van der Waals surface area (Å²) < 4.78 is 0. The zero-order chi connectivity index (χ0) is 15.1. The molecule has 0 unspecified atom stereocenters. The van der Waals surface area contributed by atoms with Gasteiger partial charge < -0.3 is 10.4 Å². The molecule has 1 aliphatic rings. The fourth-order valence-corrected chi connectivity index (χ4v) is 3.00. The van der Waals surface area contributed by atoms with Crippen molar-refractivity contribution in [3.63, 3.8) is 0 Å². The van der Waals surface area contributed by atoms with Crippen LogP contribution in [0.2, 0.25) is 0 Å². The number of hydrogen-bond donors (Lipinski definition) is 2. The molecule has 3 heteroatoms. The quantitative estimate of drug-likeness (QED) is 0.846. The summed E-state index contributed by atoms with van der Waals surface area (Å²) in [7, 11) is 0. The number of carbonyl (C=O) groups is 1. The lowest BCUT2D eigenvalue weighted by Crippen LogP contribution is -2.38. The molecule has 0 saturated heterocycles. The van der Waals surface area contributed by atoms with Crippen molar-refractivity contribution >= 4 is 5.91 Å². The minimum absolute atomic E-state index is 0.176. The Morgan fingerprint density at radius 2 is 1.86 bits per heavy atom. The largest absolute Gasteiger partial charge is 0.396 e. The first-order chi connectivity index (χ1) is 10.2. The van der Waals surface area contributed by atoms with Gasteiger partial charge in [0.15, 0.2) is 0 Å². The van der Waals surface area contributed by atoms with E-state index in [9.17, 15) is 4.79 Å². The van der Waals surface area contributed by atoms with Gasteiger partial charge in [0, 0.05) is 19.1 Å². The van der Waals surface area contributed by atoms with E-state index in [0.29, 0.717) is 18.4 Å². The van der Waals surface area contributed by atoms with Gasteiger partial charge >= 0.3 is 0 Å². The Hall–Kier alpha value is -1.35. The van der Waals surface area contributed by atoms with Gasteiger partial charge in [-0.2, -0.15) is 0 Å². The number of amides is 1. The van der Waals surface area contributed by atoms with Crippen molar-refractivity contribution in [2.45, 2.75) is 57.9 Å². The van der Waals surface area contributed by atoms with Crippen LogP contribution in [0.5, 0.6) is 0 Å². The second-order valence-corrected chi connectivity index (χ2v) is 6.31. The highest BCUT2D eigenvalue weighted by molar-refractivity contribution is 5.76. The van der Waals surface area contributed by atoms with Crippen LogP contribution in [0.1, 0.15) is 49.7 Å². The second-order valence-electron chi connectivity index (χ2n) is 6.31. The van der Waals surface area contributed by atoms with Gasteiger partial charge in [0.2, 0.25) is 5.91 Å². The molecular formula is C18H27NO2. The monoisotopic (exact) mass is 289 g/mol. The topological polar surface area (TPSA) is 49.3 Å². The molecule has 0 aromatic heterocycles. The van der Waals surface area contributed by atoms with Crippen LogP contribution in [0.15, 0.2) is 24.3 Å². The number of carbonyl (C=O) groups excluding carboxylic acids is 1. The van der Waals surface area contributed by atoms with Crippen LogP contribution in [0, 0.1) is 12.8 Å². The van der Waals surface area contributed by atoms with E-state index in [2.05, 4.69) is 36.5 Å². The maximum absolute atomic E-state index is 11.9. The Morgan fingerprint density at radius 3 is 2.48 bits per heavy atom. The first kappa shape index (κ1) is 16.0. The van der Waals surface area contributed by atoms with Crippen molar-refractivity contribution in [1.82, 2.24) is 5.32 Å². The first-order valence-corrected chi connectivity index (χ1v) is 8.13. The molecule has 0 spiro atoms. The molecule has 21 heavy (non-hydrogen) atoms. The molecule has 2 N–H and O–H groups in total. The molecule has 1 fully saturated rings. The SMILES string of the molecule is Cc1ccc(CCCC(=O)NC2CCC(CO)CC2)cc1. The lowest BCUT2D eigenvalue weighted by molar-refractivity contribution is -0.122. The van der Waals surface area contributed by atoms with E-state index < -0.39 is 0 Å². The number of aryl methyl sites for hydroxylation is 2. The first-order valence-electron chi connectivity index (χ1n) is 8.13. The summed E-state index contributed by atoms with van der Waals surface area (Å²) in [6.45, 7) is 2.37. The molecule has 1 aliphatic carbocycles. The molecule has 0 radical (unpaired) electrons. The van der Waals surface area contributed by atoms with Crippen molar-refractivity contribution in [3.8, 4) is 0 Å². The van der Waals surface area contributed by atoms with Crippen LogP contribution in [0.4, 0.5) is 0 Å². The summed E-state index contributed by atoms with van der Waals surface area (Å²) >= 11 is 0. The lowest BCUT2D eigenvalue weighted by atomic mass is 9.86. The summed E-state index contributed by atoms with van der Waals surface area (Å²) in [5, 5.41) is 12.3. The van der Waals surface area contributed by atoms with Crippen LogP contribution in [-0.4, -0.2) is 23.7 Å². The predicted octanol–water partition coefficient (Wildman–Crippen LogP) is 2.99. The van der Waals surface area contributed by atoms with Gasteiger partial charge in [-0.05, 0) is 56.9 Å². The standard InChI is InChI=1S/C18H27NO2/c1-14-5-7-15(8-6-14)3-2-4-18(21)19-17-11-9-16(13-20)10-12-17/h5-8,16-17,20H,2-4,9-13H2,1H3,(H,19,21). The van der Waals surface area contributed by atoms with Gasteiger partial charge in [0.1, 0.15) is 0 Å². The fraction of sp³-hybridized carbons (Fsp3) is 0.611. The van der Waals surface area contributed by atoms with Crippen LogP contribution in [-0.2, 0) is 11.2 Å². The number of aliphatic hydroxyl groups is 1. The van der Waals surface area contributed by atoms with E-state index in [0.717, 1.165) is 38.5 Å². The van der Waals surface area contributed by atoms with E-state index in [1.807, 2.05) is 0 Å². The number of hydrogen-bond acceptors (Lipinski definition) is 2. The number of nitrogens with one attached hydrogen (secondary N) is 1. The number of benzene rings is 1. The molecule has 0 bridgehead atoms. The van der Waals surface area contributed by atoms with Gasteiger partial charge in [-0.15, -0.1) is 0 Å². The molecule has 1 saturated carbocycles. The molecule has 0 heterocycles. The molecule has 3 nitrogen and oxygen atoms in total. The number of aliphatic hydroxyl groups excluding tert-OH is 1. The van der Waals surface area contributed by atoms with Crippen LogP contribution in [0.3, 0.4) is 0 Å². The van der Waals surface area contributed by atoms with E-state index in [4.69, 9.17) is 5.11 Å². The minimum Gasteiger partial charge on any atom is -0.396 e. The van der Waals surface area contributed by atoms with Gasteiger partial charge in [-0.25, -0.2) is 0 Å². The van der Waals surface area contributed by atoms with Crippen molar-refractivity contribution in [2.24, 2.45) is 5.92 Å². The molecular weight excluding hydrogens is 262 g/mol. The van der Waals surface area contributed by atoms with Crippen molar-refractivity contribution in [3.05, 3.63) is 35.4 Å². The van der Waals surface area contributed by atoms with Crippen molar-refractivity contribution < 1.29 is 9.90 Å². The number of rotatable bonds is 6. The Labute approximate surface area is 127 Å². The third kappa shape index (κ3) is 5.50. The van der Waals surface area contributed by atoms with Crippen molar-refractivity contribution in [1.29, 1.82) is 0 Å². The average molecular weight is 289 g/mol. The minimum atomic E-state index is 0.176. The molecule has 0 atom stereocenters. The van der Waals surface area contributed by atoms with Gasteiger partial charge in [-0.3, -0.25) is 4.79 Å². The Kier molecular flexibility index (Phi) is 6.24. The molecule has 116 valence electrons. The summed E-state index contributed by atoms with van der Waals surface area (Å²) in [4.78, 5) is 11.9. The molecule has 0 aliphatic heterocycles. The third-order valence-electron chi connectivity index (χ3n) is 4.46. The highest BCUT2D eigenvalue weighted by Gasteiger charge is 2.21.